The number of hydrogen-bond donors (Lipinski definition) is 1. The monoisotopic (exact) mass is 432 g/mol. The Morgan fingerprint density at radius 2 is 1.55 bits per heavy atom. The molecule has 0 heterocycles. The van der Waals surface area contributed by atoms with Gasteiger partial charge in [-0.05, 0) is 11.6 Å². The van der Waals surface area contributed by atoms with Gasteiger partial charge in [0.2, 0.25) is 0 Å². The van der Waals surface area contributed by atoms with Crippen molar-refractivity contribution >= 4 is 11.9 Å². The number of allylic oxidation sites excluding steroid dienone is 1. The first-order valence-corrected chi connectivity index (χ1v) is 9.69. The van der Waals surface area contributed by atoms with Crippen LogP contribution in [0.4, 0.5) is 0 Å². The van der Waals surface area contributed by atoms with Crippen molar-refractivity contribution in [1.29, 1.82) is 0 Å². The summed E-state index contributed by atoms with van der Waals surface area (Å²) in [4.78, 5) is 12.8. The second kappa shape index (κ2) is 14.2. The molecule has 8 nitrogen and oxygen atoms in total. The average molecular weight is 432 g/mol. The van der Waals surface area contributed by atoms with Gasteiger partial charge in [-0.1, -0.05) is 36.4 Å². The standard InChI is InChI=1S/C23H28O8/c1-26-10-12-28-16-30-19-14-21(25)23(22(15-19)31-17-29-13-11-27-2)20(24)9-8-18-6-4-3-5-7-18/h3-9,14-15,25H,10-13,16-17H2,1-2H3/b9-8+. The van der Waals surface area contributed by atoms with Crippen LogP contribution in [0.5, 0.6) is 17.2 Å². The molecule has 0 atom stereocenters. The van der Waals surface area contributed by atoms with E-state index in [0.29, 0.717) is 26.4 Å². The fourth-order valence-corrected chi connectivity index (χ4v) is 2.46. The highest BCUT2D eigenvalue weighted by molar-refractivity contribution is 6.10. The van der Waals surface area contributed by atoms with Crippen molar-refractivity contribution in [3.05, 3.63) is 59.7 Å². The molecule has 0 spiro atoms. The molecule has 0 saturated heterocycles. The van der Waals surface area contributed by atoms with Crippen molar-refractivity contribution in [3.63, 3.8) is 0 Å². The Kier molecular flexibility index (Phi) is 11.1. The van der Waals surface area contributed by atoms with E-state index in [-0.39, 0.29) is 36.4 Å². The topological polar surface area (TPSA) is 92.7 Å². The molecule has 0 unspecified atom stereocenters. The molecule has 0 bridgehead atoms. The molecule has 168 valence electrons. The number of phenols is 1. The summed E-state index contributed by atoms with van der Waals surface area (Å²) >= 11 is 0. The van der Waals surface area contributed by atoms with E-state index in [4.69, 9.17) is 28.4 Å². The molecule has 31 heavy (non-hydrogen) atoms. The Morgan fingerprint density at radius 3 is 2.19 bits per heavy atom. The minimum absolute atomic E-state index is 0.00942. The van der Waals surface area contributed by atoms with Crippen LogP contribution in [0.3, 0.4) is 0 Å². The number of hydrogen-bond acceptors (Lipinski definition) is 8. The van der Waals surface area contributed by atoms with Crippen LogP contribution in [0.25, 0.3) is 6.08 Å². The maximum absolute atomic E-state index is 12.8. The fraction of sp³-hybridized carbons (Fsp3) is 0.348. The average Bonchev–Trinajstić information content (AvgIpc) is 2.78. The molecule has 0 aliphatic carbocycles. The fourth-order valence-electron chi connectivity index (χ4n) is 2.46. The predicted molar refractivity (Wildman–Crippen MR) is 115 cm³/mol. The smallest absolute Gasteiger partial charge is 0.193 e. The van der Waals surface area contributed by atoms with Crippen LogP contribution in [-0.2, 0) is 18.9 Å². The maximum atomic E-state index is 12.8. The summed E-state index contributed by atoms with van der Waals surface area (Å²) in [5.74, 6) is -0.280. The molecule has 0 aromatic heterocycles. The van der Waals surface area contributed by atoms with E-state index in [2.05, 4.69) is 0 Å². The number of ketones is 1. The third-order valence-corrected chi connectivity index (χ3v) is 4.00. The highest BCUT2D eigenvalue weighted by atomic mass is 16.7. The van der Waals surface area contributed by atoms with Gasteiger partial charge in [-0.25, -0.2) is 0 Å². The first-order chi connectivity index (χ1) is 15.2. The van der Waals surface area contributed by atoms with Gasteiger partial charge in [0, 0.05) is 26.4 Å². The van der Waals surface area contributed by atoms with Crippen LogP contribution in [0, 0.1) is 0 Å². The summed E-state index contributed by atoms with van der Waals surface area (Å²) in [6.45, 7) is 1.35. The van der Waals surface area contributed by atoms with Crippen molar-refractivity contribution in [2.75, 3.05) is 54.2 Å². The lowest BCUT2D eigenvalue weighted by atomic mass is 10.1. The molecule has 0 amide bonds. The predicted octanol–water partition coefficient (Wildman–Crippen LogP) is 3.29. The zero-order chi connectivity index (χ0) is 22.3. The number of aromatic hydroxyl groups is 1. The van der Waals surface area contributed by atoms with Gasteiger partial charge >= 0.3 is 0 Å². The number of carbonyl (C=O) groups excluding carboxylic acids is 1. The Bertz CT molecular complexity index is 820. The molecule has 8 heteroatoms. The molecule has 0 saturated carbocycles. The van der Waals surface area contributed by atoms with Gasteiger partial charge in [0.25, 0.3) is 0 Å². The lowest BCUT2D eigenvalue weighted by Gasteiger charge is -2.14. The SMILES string of the molecule is COCCOCOc1cc(O)c(C(=O)/C=C/c2ccccc2)c(OCOCCOC)c1. The zero-order valence-electron chi connectivity index (χ0n) is 17.7. The Labute approximate surface area is 181 Å². The van der Waals surface area contributed by atoms with Crippen LogP contribution in [0.15, 0.2) is 48.5 Å². The molecule has 0 radical (unpaired) electrons. The first kappa shape index (κ1) is 24.4. The van der Waals surface area contributed by atoms with E-state index < -0.39 is 5.78 Å². The number of methoxy groups -OCH3 is 2. The van der Waals surface area contributed by atoms with Crippen LogP contribution < -0.4 is 9.47 Å². The highest BCUT2D eigenvalue weighted by Crippen LogP contribution is 2.34. The number of phenolic OH excluding ortho intramolecular Hbond substituents is 1. The second-order valence-electron chi connectivity index (χ2n) is 6.25. The van der Waals surface area contributed by atoms with Crippen molar-refractivity contribution in [3.8, 4) is 17.2 Å². The molecular formula is C23H28O8. The van der Waals surface area contributed by atoms with E-state index in [0.717, 1.165) is 5.56 Å². The summed E-state index contributed by atoms with van der Waals surface area (Å²) in [5.41, 5.74) is 0.865. The summed E-state index contributed by atoms with van der Waals surface area (Å²) in [7, 11) is 3.14. The summed E-state index contributed by atoms with van der Waals surface area (Å²) in [6, 6.07) is 12.2. The first-order valence-electron chi connectivity index (χ1n) is 9.69. The second-order valence-corrected chi connectivity index (χ2v) is 6.25. The van der Waals surface area contributed by atoms with Gasteiger partial charge in [-0.3, -0.25) is 4.79 Å². The van der Waals surface area contributed by atoms with Crippen molar-refractivity contribution in [1.82, 2.24) is 0 Å². The highest BCUT2D eigenvalue weighted by Gasteiger charge is 2.18. The van der Waals surface area contributed by atoms with Crippen molar-refractivity contribution in [2.24, 2.45) is 0 Å². The molecule has 2 aromatic carbocycles. The largest absolute Gasteiger partial charge is 0.507 e. The minimum Gasteiger partial charge on any atom is -0.507 e. The van der Waals surface area contributed by atoms with Crippen LogP contribution in [0.2, 0.25) is 0 Å². The molecule has 0 aliphatic rings. The molecule has 0 aliphatic heterocycles. The lowest BCUT2D eigenvalue weighted by Crippen LogP contribution is -2.11. The van der Waals surface area contributed by atoms with Gasteiger partial charge in [0.15, 0.2) is 19.4 Å². The van der Waals surface area contributed by atoms with E-state index in [1.165, 1.54) is 18.2 Å². The van der Waals surface area contributed by atoms with Gasteiger partial charge in [-0.2, -0.15) is 0 Å². The van der Waals surface area contributed by atoms with Crippen LogP contribution in [-0.4, -0.2) is 65.1 Å². The number of carbonyl (C=O) groups is 1. The molecule has 0 fully saturated rings. The molecular weight excluding hydrogens is 404 g/mol. The normalized spacial score (nSPS) is 11.0. The van der Waals surface area contributed by atoms with Crippen LogP contribution >= 0.6 is 0 Å². The van der Waals surface area contributed by atoms with Gasteiger partial charge in [0.05, 0.1) is 26.4 Å². The van der Waals surface area contributed by atoms with Crippen molar-refractivity contribution < 1.29 is 38.3 Å². The van der Waals surface area contributed by atoms with Gasteiger partial charge < -0.3 is 33.5 Å². The van der Waals surface area contributed by atoms with Crippen LogP contribution in [0.1, 0.15) is 15.9 Å². The number of rotatable bonds is 15. The van der Waals surface area contributed by atoms with Gasteiger partial charge in [-0.15, -0.1) is 0 Å². The van der Waals surface area contributed by atoms with E-state index in [9.17, 15) is 9.90 Å². The van der Waals surface area contributed by atoms with Crippen molar-refractivity contribution in [2.45, 2.75) is 0 Å². The Balaban J connectivity index is 2.14. The summed E-state index contributed by atoms with van der Waals surface area (Å²) in [5, 5.41) is 10.5. The zero-order valence-corrected chi connectivity index (χ0v) is 17.7. The summed E-state index contributed by atoms with van der Waals surface area (Å²) in [6.07, 6.45) is 3.03. The Morgan fingerprint density at radius 1 is 0.903 bits per heavy atom. The summed E-state index contributed by atoms with van der Waals surface area (Å²) < 4.78 is 31.4. The third-order valence-electron chi connectivity index (χ3n) is 4.00. The van der Waals surface area contributed by atoms with E-state index in [1.54, 1.807) is 20.3 Å². The molecule has 2 aromatic rings. The quantitative estimate of drug-likeness (QED) is 0.198. The van der Waals surface area contributed by atoms with E-state index >= 15 is 0 Å². The van der Waals surface area contributed by atoms with Gasteiger partial charge in [0.1, 0.15) is 22.8 Å². The third kappa shape index (κ3) is 8.77. The maximum Gasteiger partial charge on any atom is 0.193 e. The minimum atomic E-state index is -0.420. The lowest BCUT2D eigenvalue weighted by molar-refractivity contribution is -0.0119. The number of benzene rings is 2. The number of ether oxygens (including phenoxy) is 6. The van der Waals surface area contributed by atoms with E-state index in [1.807, 2.05) is 30.3 Å². The molecule has 1 N–H and O–H groups in total. The Hall–Kier alpha value is -2.91. The molecule has 2 rings (SSSR count).